The SMILES string of the molecule is COc1cccc(CNC(=O)c2cc(COc3cccc4cnccc34)on2)c1. The summed E-state index contributed by atoms with van der Waals surface area (Å²) in [6.45, 7) is 0.524. The standard InChI is InChI=1S/C22H19N3O4/c1-27-17-6-2-4-15(10-17)12-24-22(26)20-11-18(29-25-20)14-28-21-7-3-5-16-13-23-9-8-19(16)21/h2-11,13H,12,14H2,1H3,(H,24,26). The van der Waals surface area contributed by atoms with Crippen LogP contribution in [0.5, 0.6) is 11.5 Å². The highest BCUT2D eigenvalue weighted by Gasteiger charge is 2.13. The Morgan fingerprint density at radius 1 is 1.14 bits per heavy atom. The van der Waals surface area contributed by atoms with Crippen molar-refractivity contribution in [3.8, 4) is 11.5 Å². The van der Waals surface area contributed by atoms with Crippen molar-refractivity contribution in [3.63, 3.8) is 0 Å². The van der Waals surface area contributed by atoms with Gasteiger partial charge in [-0.2, -0.15) is 0 Å². The van der Waals surface area contributed by atoms with Crippen molar-refractivity contribution >= 4 is 16.7 Å². The number of nitrogens with one attached hydrogen (secondary N) is 1. The number of amides is 1. The second kappa shape index (κ2) is 8.43. The quantitative estimate of drug-likeness (QED) is 0.518. The zero-order valence-corrected chi connectivity index (χ0v) is 15.8. The number of hydrogen-bond acceptors (Lipinski definition) is 6. The van der Waals surface area contributed by atoms with E-state index in [0.29, 0.717) is 18.1 Å². The fourth-order valence-corrected chi connectivity index (χ4v) is 2.91. The van der Waals surface area contributed by atoms with Crippen molar-refractivity contribution in [1.82, 2.24) is 15.5 Å². The summed E-state index contributed by atoms with van der Waals surface area (Å²) in [5.74, 6) is 1.59. The number of benzene rings is 2. The molecular weight excluding hydrogens is 370 g/mol. The molecule has 1 N–H and O–H groups in total. The molecule has 29 heavy (non-hydrogen) atoms. The Labute approximate surface area is 167 Å². The van der Waals surface area contributed by atoms with Gasteiger partial charge in [-0.1, -0.05) is 29.4 Å². The lowest BCUT2D eigenvalue weighted by molar-refractivity contribution is 0.0941. The van der Waals surface area contributed by atoms with Crippen molar-refractivity contribution in [3.05, 3.63) is 84.0 Å². The minimum Gasteiger partial charge on any atom is -0.497 e. The van der Waals surface area contributed by atoms with Gasteiger partial charge in [0.2, 0.25) is 0 Å². The van der Waals surface area contributed by atoms with Crippen molar-refractivity contribution in [2.45, 2.75) is 13.2 Å². The fourth-order valence-electron chi connectivity index (χ4n) is 2.91. The van der Waals surface area contributed by atoms with Crippen LogP contribution in [0.4, 0.5) is 0 Å². The van der Waals surface area contributed by atoms with Crippen LogP contribution in [0.3, 0.4) is 0 Å². The molecule has 0 aliphatic heterocycles. The number of fused-ring (bicyclic) bond motifs is 1. The average Bonchev–Trinajstić information content (AvgIpc) is 3.25. The summed E-state index contributed by atoms with van der Waals surface area (Å²) in [5, 5.41) is 8.59. The number of pyridine rings is 1. The molecule has 1 amide bonds. The van der Waals surface area contributed by atoms with Gasteiger partial charge in [-0.05, 0) is 29.8 Å². The average molecular weight is 389 g/mol. The van der Waals surface area contributed by atoms with Crippen molar-refractivity contribution in [1.29, 1.82) is 0 Å². The smallest absolute Gasteiger partial charge is 0.273 e. The first kappa shape index (κ1) is 18.5. The van der Waals surface area contributed by atoms with Crippen molar-refractivity contribution in [2.75, 3.05) is 7.11 Å². The molecule has 0 atom stereocenters. The van der Waals surface area contributed by atoms with Gasteiger partial charge >= 0.3 is 0 Å². The molecule has 0 spiro atoms. The van der Waals surface area contributed by atoms with Crippen LogP contribution in [0.1, 0.15) is 21.8 Å². The number of aromatic nitrogens is 2. The van der Waals surface area contributed by atoms with Crippen molar-refractivity contribution < 1.29 is 18.8 Å². The van der Waals surface area contributed by atoms with Crippen LogP contribution < -0.4 is 14.8 Å². The van der Waals surface area contributed by atoms with Crippen molar-refractivity contribution in [2.24, 2.45) is 0 Å². The number of ether oxygens (including phenoxy) is 2. The van der Waals surface area contributed by atoms with Gasteiger partial charge in [-0.25, -0.2) is 0 Å². The summed E-state index contributed by atoms with van der Waals surface area (Å²) in [4.78, 5) is 16.4. The van der Waals surface area contributed by atoms with Gasteiger partial charge in [0.15, 0.2) is 11.5 Å². The third kappa shape index (κ3) is 4.35. The molecule has 7 heteroatoms. The Balaban J connectivity index is 1.37. The molecule has 4 rings (SSSR count). The van der Waals surface area contributed by atoms with Crippen LogP contribution in [0.25, 0.3) is 10.8 Å². The van der Waals surface area contributed by atoms with Gasteiger partial charge < -0.3 is 19.3 Å². The number of hydrogen-bond donors (Lipinski definition) is 1. The maximum absolute atomic E-state index is 12.3. The summed E-state index contributed by atoms with van der Waals surface area (Å²) < 4.78 is 16.3. The molecule has 2 heterocycles. The van der Waals surface area contributed by atoms with E-state index < -0.39 is 0 Å². The van der Waals surface area contributed by atoms with E-state index in [0.717, 1.165) is 22.1 Å². The second-order valence-electron chi connectivity index (χ2n) is 6.35. The molecule has 2 aromatic carbocycles. The molecule has 0 radical (unpaired) electrons. The zero-order valence-electron chi connectivity index (χ0n) is 15.8. The zero-order chi connectivity index (χ0) is 20.1. The molecule has 0 saturated heterocycles. The Hall–Kier alpha value is -3.87. The summed E-state index contributed by atoms with van der Waals surface area (Å²) in [5.41, 5.74) is 1.13. The van der Waals surface area contributed by atoms with E-state index in [2.05, 4.69) is 15.5 Å². The van der Waals surface area contributed by atoms with Gasteiger partial charge in [0.1, 0.15) is 18.1 Å². The minimum atomic E-state index is -0.320. The Bertz CT molecular complexity index is 1130. The van der Waals surface area contributed by atoms with E-state index in [1.54, 1.807) is 25.6 Å². The maximum atomic E-state index is 12.3. The molecule has 0 aliphatic rings. The van der Waals surface area contributed by atoms with E-state index in [1.807, 2.05) is 48.5 Å². The molecule has 4 aromatic rings. The topological polar surface area (TPSA) is 86.5 Å². The van der Waals surface area contributed by atoms with Gasteiger partial charge in [0.05, 0.1) is 7.11 Å². The van der Waals surface area contributed by atoms with Gasteiger partial charge in [-0.3, -0.25) is 9.78 Å². The normalized spacial score (nSPS) is 10.7. The second-order valence-corrected chi connectivity index (χ2v) is 6.35. The fraction of sp³-hybridized carbons (Fsp3) is 0.136. The Morgan fingerprint density at radius 3 is 2.93 bits per heavy atom. The number of carbonyl (C=O) groups is 1. The number of nitrogens with zero attached hydrogens (tertiary/aromatic N) is 2. The first-order valence-corrected chi connectivity index (χ1v) is 9.05. The van der Waals surface area contributed by atoms with E-state index in [4.69, 9.17) is 14.0 Å². The van der Waals surface area contributed by atoms with Crippen LogP contribution in [0, 0.1) is 0 Å². The monoisotopic (exact) mass is 389 g/mol. The van der Waals surface area contributed by atoms with Crippen LogP contribution >= 0.6 is 0 Å². The lowest BCUT2D eigenvalue weighted by Gasteiger charge is -2.07. The predicted octanol–water partition coefficient (Wildman–Crippen LogP) is 3.74. The summed E-state index contributed by atoms with van der Waals surface area (Å²) in [6.07, 6.45) is 3.50. The molecule has 146 valence electrons. The van der Waals surface area contributed by atoms with E-state index in [1.165, 1.54) is 0 Å². The lowest BCUT2D eigenvalue weighted by atomic mass is 10.1. The third-order valence-corrected chi connectivity index (χ3v) is 4.39. The van der Waals surface area contributed by atoms with Gasteiger partial charge in [0, 0.05) is 35.8 Å². The highest BCUT2D eigenvalue weighted by atomic mass is 16.5. The van der Waals surface area contributed by atoms with E-state index in [-0.39, 0.29) is 18.2 Å². The number of methoxy groups -OCH3 is 1. The number of carbonyl (C=O) groups excluding carboxylic acids is 1. The summed E-state index contributed by atoms with van der Waals surface area (Å²) in [6, 6.07) is 16.7. The van der Waals surface area contributed by atoms with Crippen LogP contribution in [0.2, 0.25) is 0 Å². The Morgan fingerprint density at radius 2 is 2.03 bits per heavy atom. The van der Waals surface area contributed by atoms with E-state index >= 15 is 0 Å². The lowest BCUT2D eigenvalue weighted by Crippen LogP contribution is -2.23. The molecule has 0 unspecified atom stereocenters. The minimum absolute atomic E-state index is 0.164. The third-order valence-electron chi connectivity index (χ3n) is 4.39. The largest absolute Gasteiger partial charge is 0.497 e. The molecule has 7 nitrogen and oxygen atoms in total. The molecule has 0 fully saturated rings. The maximum Gasteiger partial charge on any atom is 0.273 e. The summed E-state index contributed by atoms with van der Waals surface area (Å²) in [7, 11) is 1.60. The molecule has 0 saturated carbocycles. The van der Waals surface area contributed by atoms with Gasteiger partial charge in [-0.15, -0.1) is 0 Å². The van der Waals surface area contributed by atoms with Crippen LogP contribution in [0.15, 0.2) is 71.5 Å². The Kier molecular flexibility index (Phi) is 5.38. The van der Waals surface area contributed by atoms with Crippen LogP contribution in [-0.2, 0) is 13.2 Å². The summed E-state index contributed by atoms with van der Waals surface area (Å²) >= 11 is 0. The first-order chi connectivity index (χ1) is 14.2. The highest BCUT2D eigenvalue weighted by Crippen LogP contribution is 2.25. The predicted molar refractivity (Wildman–Crippen MR) is 107 cm³/mol. The van der Waals surface area contributed by atoms with Crippen LogP contribution in [-0.4, -0.2) is 23.2 Å². The van der Waals surface area contributed by atoms with E-state index in [9.17, 15) is 4.79 Å². The first-order valence-electron chi connectivity index (χ1n) is 9.05. The van der Waals surface area contributed by atoms with Gasteiger partial charge in [0.25, 0.3) is 5.91 Å². The highest BCUT2D eigenvalue weighted by molar-refractivity contribution is 5.92. The molecule has 2 aromatic heterocycles. The molecular formula is C22H19N3O4. The molecule has 0 bridgehead atoms. The number of rotatable bonds is 7. The molecule has 0 aliphatic carbocycles.